The molecule has 0 saturated carbocycles. The predicted octanol–water partition coefficient (Wildman–Crippen LogP) is 5.16. The van der Waals surface area contributed by atoms with Gasteiger partial charge in [-0.3, -0.25) is 14.4 Å². The summed E-state index contributed by atoms with van der Waals surface area (Å²) in [6.45, 7) is 5.15. The van der Waals surface area contributed by atoms with Crippen molar-refractivity contribution in [3.8, 4) is 0 Å². The molecule has 3 aliphatic rings. The Labute approximate surface area is 211 Å². The first-order chi connectivity index (χ1) is 17.5. The molecule has 5 nitrogen and oxygen atoms in total. The van der Waals surface area contributed by atoms with E-state index < -0.39 is 5.92 Å². The number of Topliss-reactive ketones (excluding diaryl/α,β-unsaturated/α-hetero) is 1. The maximum atomic E-state index is 14.0. The molecule has 0 spiro atoms. The van der Waals surface area contributed by atoms with E-state index in [-0.39, 0.29) is 17.5 Å². The molecule has 0 radical (unpaired) electrons. The molecule has 2 aromatic rings. The van der Waals surface area contributed by atoms with Crippen molar-refractivity contribution in [2.24, 2.45) is 5.92 Å². The Morgan fingerprint density at radius 2 is 1.44 bits per heavy atom. The van der Waals surface area contributed by atoms with Crippen LogP contribution in [0.3, 0.4) is 0 Å². The molecule has 1 atom stereocenters. The predicted molar refractivity (Wildman–Crippen MR) is 141 cm³/mol. The smallest absolute Gasteiger partial charge is 0.231 e. The molecule has 0 aromatic heterocycles. The van der Waals surface area contributed by atoms with Crippen molar-refractivity contribution in [1.82, 2.24) is 9.80 Å². The van der Waals surface area contributed by atoms with Crippen molar-refractivity contribution in [1.29, 1.82) is 0 Å². The second-order valence-electron chi connectivity index (χ2n) is 8.92. The van der Waals surface area contributed by atoms with E-state index in [1.807, 2.05) is 90.4 Å². The molecular formula is C31H28N2O3. The molecule has 1 aliphatic carbocycles. The maximum Gasteiger partial charge on any atom is 0.231 e. The van der Waals surface area contributed by atoms with Gasteiger partial charge < -0.3 is 9.80 Å². The first-order valence-corrected chi connectivity index (χ1v) is 12.4. The molecule has 2 aliphatic heterocycles. The van der Waals surface area contributed by atoms with Crippen LogP contribution in [-0.2, 0) is 14.4 Å². The number of nitrogens with zero attached hydrogens (tertiary/aromatic N) is 2. The number of ketones is 2. The summed E-state index contributed by atoms with van der Waals surface area (Å²) in [5.41, 5.74) is 5.15. The van der Waals surface area contributed by atoms with Crippen LogP contribution < -0.4 is 0 Å². The lowest BCUT2D eigenvalue weighted by Gasteiger charge is -2.37. The Morgan fingerprint density at radius 3 is 2.03 bits per heavy atom. The number of hydrogen-bond acceptors (Lipinski definition) is 4. The third-order valence-electron chi connectivity index (χ3n) is 6.91. The van der Waals surface area contributed by atoms with E-state index in [2.05, 4.69) is 0 Å². The van der Waals surface area contributed by atoms with Gasteiger partial charge in [-0.15, -0.1) is 0 Å². The Hall–Kier alpha value is -4.25. The van der Waals surface area contributed by atoms with Crippen molar-refractivity contribution >= 4 is 28.7 Å². The highest BCUT2D eigenvalue weighted by Gasteiger charge is 2.45. The van der Waals surface area contributed by atoms with Crippen LogP contribution in [0, 0.1) is 5.92 Å². The van der Waals surface area contributed by atoms with Gasteiger partial charge >= 0.3 is 0 Å². The van der Waals surface area contributed by atoms with Gasteiger partial charge in [0.1, 0.15) is 0 Å². The quantitative estimate of drug-likeness (QED) is 0.598. The summed E-state index contributed by atoms with van der Waals surface area (Å²) in [5.74, 6) is -0.622. The lowest BCUT2D eigenvalue weighted by Crippen LogP contribution is -2.41. The van der Waals surface area contributed by atoms with E-state index in [0.717, 1.165) is 28.1 Å². The molecule has 36 heavy (non-hydrogen) atoms. The molecule has 0 N–H and O–H groups in total. The van der Waals surface area contributed by atoms with Crippen LogP contribution in [0.5, 0.6) is 0 Å². The third kappa shape index (κ3) is 3.97. The minimum atomic E-state index is -0.479. The summed E-state index contributed by atoms with van der Waals surface area (Å²) in [7, 11) is 0. The Bertz CT molecular complexity index is 1360. The average Bonchev–Trinajstić information content (AvgIpc) is 3.22. The fourth-order valence-corrected chi connectivity index (χ4v) is 5.17. The van der Waals surface area contributed by atoms with Crippen molar-refractivity contribution in [2.45, 2.75) is 20.3 Å². The number of carbonyl (C=O) groups excluding carboxylic acids is 3. The van der Waals surface area contributed by atoms with E-state index in [9.17, 15) is 14.4 Å². The Morgan fingerprint density at radius 1 is 0.861 bits per heavy atom. The summed E-state index contributed by atoms with van der Waals surface area (Å²) in [6.07, 6.45) is 8.88. The van der Waals surface area contributed by atoms with Gasteiger partial charge in [0.15, 0.2) is 5.78 Å². The highest BCUT2D eigenvalue weighted by Crippen LogP contribution is 2.49. The molecule has 5 rings (SSSR count). The third-order valence-corrected chi connectivity index (χ3v) is 6.91. The number of hydrogen-bond donors (Lipinski definition) is 0. The van der Waals surface area contributed by atoms with Gasteiger partial charge in [0.25, 0.3) is 0 Å². The molecule has 2 aromatic carbocycles. The zero-order valence-corrected chi connectivity index (χ0v) is 20.5. The van der Waals surface area contributed by atoms with Crippen molar-refractivity contribution in [3.63, 3.8) is 0 Å². The molecule has 2 heterocycles. The van der Waals surface area contributed by atoms with Crippen LogP contribution in [0.2, 0.25) is 0 Å². The van der Waals surface area contributed by atoms with Gasteiger partial charge in [0.2, 0.25) is 11.7 Å². The zero-order chi connectivity index (χ0) is 25.2. The SMILES string of the molecule is CCN(CC)C(=O)C1CC=C2C(=O)C(c3ccccc3)=C(c3ccccc3)N2C1=C1C=CC(=O)C=C1. The molecule has 1 unspecified atom stereocenters. The standard InChI is InChI=1S/C31H28N2O3/c1-3-32(4-2)31(36)25-19-20-26-30(35)27(21-11-7-5-8-12-21)29(22-13-9-6-10-14-22)33(26)28(25)23-15-17-24(34)18-16-23/h5-18,20,25H,3-4,19H2,1-2H3. The second-order valence-corrected chi connectivity index (χ2v) is 8.92. The van der Waals surface area contributed by atoms with Crippen LogP contribution in [0.25, 0.3) is 11.3 Å². The highest BCUT2D eigenvalue weighted by molar-refractivity contribution is 6.38. The van der Waals surface area contributed by atoms with Crippen LogP contribution in [-0.4, -0.2) is 40.4 Å². The molecule has 180 valence electrons. The molecular weight excluding hydrogens is 448 g/mol. The minimum absolute atomic E-state index is 0.0181. The first-order valence-electron chi connectivity index (χ1n) is 12.4. The largest absolute Gasteiger partial charge is 0.343 e. The zero-order valence-electron chi connectivity index (χ0n) is 20.5. The summed E-state index contributed by atoms with van der Waals surface area (Å²) in [4.78, 5) is 43.5. The first kappa shape index (κ1) is 23.5. The average molecular weight is 477 g/mol. The van der Waals surface area contributed by atoms with Crippen LogP contribution in [0.1, 0.15) is 31.4 Å². The monoisotopic (exact) mass is 476 g/mol. The number of carbonyl (C=O) groups is 3. The van der Waals surface area contributed by atoms with Crippen LogP contribution >= 0.6 is 0 Å². The fraction of sp³-hybridized carbons (Fsp3) is 0.194. The van der Waals surface area contributed by atoms with Gasteiger partial charge in [-0.1, -0.05) is 66.7 Å². The molecule has 5 heteroatoms. The van der Waals surface area contributed by atoms with Crippen molar-refractivity contribution < 1.29 is 14.4 Å². The van der Waals surface area contributed by atoms with Gasteiger partial charge in [0, 0.05) is 18.8 Å². The van der Waals surface area contributed by atoms with Crippen molar-refractivity contribution in [2.75, 3.05) is 13.1 Å². The van der Waals surface area contributed by atoms with Gasteiger partial charge in [-0.25, -0.2) is 0 Å². The summed E-state index contributed by atoms with van der Waals surface area (Å²) in [6, 6.07) is 19.5. The molecule has 1 amide bonds. The van der Waals surface area contributed by atoms with E-state index in [4.69, 9.17) is 0 Å². The number of rotatable bonds is 5. The lowest BCUT2D eigenvalue weighted by molar-refractivity contribution is -0.134. The Balaban J connectivity index is 1.79. The second kappa shape index (κ2) is 9.78. The topological polar surface area (TPSA) is 57.7 Å². The van der Waals surface area contributed by atoms with Gasteiger partial charge in [-0.05, 0) is 61.3 Å². The molecule has 0 bridgehead atoms. The Kier molecular flexibility index (Phi) is 6.38. The number of fused-ring (bicyclic) bond motifs is 1. The van der Waals surface area contributed by atoms with Gasteiger partial charge in [-0.2, -0.15) is 0 Å². The number of amides is 1. The summed E-state index contributed by atoms with van der Waals surface area (Å²) < 4.78 is 0. The number of benzene rings is 2. The summed E-state index contributed by atoms with van der Waals surface area (Å²) >= 11 is 0. The van der Waals surface area contributed by atoms with Crippen LogP contribution in [0.15, 0.2) is 108 Å². The van der Waals surface area contributed by atoms with E-state index in [1.54, 1.807) is 12.2 Å². The van der Waals surface area contributed by atoms with Gasteiger partial charge in [0.05, 0.1) is 22.9 Å². The minimum Gasteiger partial charge on any atom is -0.343 e. The molecule has 0 fully saturated rings. The van der Waals surface area contributed by atoms with Crippen LogP contribution in [0.4, 0.5) is 0 Å². The van der Waals surface area contributed by atoms with E-state index in [0.29, 0.717) is 30.8 Å². The molecule has 0 saturated heterocycles. The number of allylic oxidation sites excluding steroid dienone is 7. The maximum absolute atomic E-state index is 14.0. The van der Waals surface area contributed by atoms with E-state index in [1.165, 1.54) is 12.2 Å². The highest BCUT2D eigenvalue weighted by atomic mass is 16.2. The van der Waals surface area contributed by atoms with E-state index >= 15 is 0 Å². The van der Waals surface area contributed by atoms with Crippen molar-refractivity contribution in [3.05, 3.63) is 119 Å². The fourth-order valence-electron chi connectivity index (χ4n) is 5.17. The lowest BCUT2D eigenvalue weighted by atomic mass is 9.88. The normalized spacial score (nSPS) is 19.1. The summed E-state index contributed by atoms with van der Waals surface area (Å²) in [5, 5.41) is 0.